The topological polar surface area (TPSA) is 79.2 Å². The van der Waals surface area contributed by atoms with E-state index in [0.717, 1.165) is 0 Å². The molecule has 0 amide bonds. The molecule has 0 aliphatic rings. The standard InChI is InChI=1S/C14H21NO5/c1-4-15(7-8-16)13(14(17)18)11-9-10(19-2)5-6-12(11)20-3/h5-6,9,13,16H,4,7-8H2,1-3H3,(H,17,18). The Morgan fingerprint density at radius 3 is 2.50 bits per heavy atom. The molecule has 0 bridgehead atoms. The minimum atomic E-state index is -0.994. The maximum Gasteiger partial charge on any atom is 0.325 e. The van der Waals surface area contributed by atoms with Gasteiger partial charge in [-0.25, -0.2) is 0 Å². The van der Waals surface area contributed by atoms with E-state index in [2.05, 4.69) is 0 Å². The molecule has 1 aromatic carbocycles. The highest BCUT2D eigenvalue weighted by Crippen LogP contribution is 2.32. The van der Waals surface area contributed by atoms with Crippen LogP contribution in [0.1, 0.15) is 18.5 Å². The van der Waals surface area contributed by atoms with Crippen molar-refractivity contribution in [3.63, 3.8) is 0 Å². The second-order valence-electron chi connectivity index (χ2n) is 4.20. The zero-order valence-corrected chi connectivity index (χ0v) is 12.0. The van der Waals surface area contributed by atoms with Gasteiger partial charge in [0.2, 0.25) is 0 Å². The van der Waals surface area contributed by atoms with Crippen LogP contribution in [0.2, 0.25) is 0 Å². The fourth-order valence-corrected chi connectivity index (χ4v) is 2.14. The summed E-state index contributed by atoms with van der Waals surface area (Å²) in [6, 6.07) is 4.15. The fraction of sp³-hybridized carbons (Fsp3) is 0.500. The first kappa shape index (κ1) is 16.3. The maximum absolute atomic E-state index is 11.6. The molecule has 0 saturated carbocycles. The van der Waals surface area contributed by atoms with E-state index in [1.807, 2.05) is 6.92 Å². The van der Waals surface area contributed by atoms with Crippen LogP contribution < -0.4 is 9.47 Å². The van der Waals surface area contributed by atoms with Gasteiger partial charge in [0.25, 0.3) is 0 Å². The zero-order valence-electron chi connectivity index (χ0n) is 12.0. The Balaban J connectivity index is 3.28. The van der Waals surface area contributed by atoms with Crippen LogP contribution in [0.3, 0.4) is 0 Å². The van der Waals surface area contributed by atoms with Crippen molar-refractivity contribution < 1.29 is 24.5 Å². The number of aliphatic hydroxyl groups is 1. The van der Waals surface area contributed by atoms with E-state index in [0.29, 0.717) is 23.6 Å². The fourth-order valence-electron chi connectivity index (χ4n) is 2.14. The number of carbonyl (C=O) groups is 1. The van der Waals surface area contributed by atoms with Gasteiger partial charge in [-0.15, -0.1) is 0 Å². The molecule has 0 radical (unpaired) electrons. The van der Waals surface area contributed by atoms with E-state index in [-0.39, 0.29) is 13.2 Å². The van der Waals surface area contributed by atoms with E-state index in [1.165, 1.54) is 14.2 Å². The van der Waals surface area contributed by atoms with Gasteiger partial charge in [-0.2, -0.15) is 0 Å². The van der Waals surface area contributed by atoms with Gasteiger partial charge >= 0.3 is 5.97 Å². The van der Waals surface area contributed by atoms with Gasteiger partial charge in [-0.3, -0.25) is 9.69 Å². The molecule has 0 heterocycles. The van der Waals surface area contributed by atoms with Crippen molar-refractivity contribution in [2.75, 3.05) is 33.9 Å². The minimum Gasteiger partial charge on any atom is -0.497 e. The SMILES string of the molecule is CCN(CCO)C(C(=O)O)c1cc(OC)ccc1OC. The molecule has 1 aromatic rings. The summed E-state index contributed by atoms with van der Waals surface area (Å²) < 4.78 is 10.4. The normalized spacial score (nSPS) is 12.2. The second-order valence-corrected chi connectivity index (χ2v) is 4.20. The first-order valence-corrected chi connectivity index (χ1v) is 6.38. The third-order valence-electron chi connectivity index (χ3n) is 3.12. The lowest BCUT2D eigenvalue weighted by Gasteiger charge is -2.28. The van der Waals surface area contributed by atoms with Crippen molar-refractivity contribution in [1.82, 2.24) is 4.90 Å². The van der Waals surface area contributed by atoms with Crippen LogP contribution in [0.15, 0.2) is 18.2 Å². The van der Waals surface area contributed by atoms with Gasteiger partial charge in [0.05, 0.1) is 20.8 Å². The Hall–Kier alpha value is -1.79. The molecule has 1 atom stereocenters. The zero-order chi connectivity index (χ0) is 15.1. The van der Waals surface area contributed by atoms with Crippen molar-refractivity contribution >= 4 is 5.97 Å². The third kappa shape index (κ3) is 3.61. The molecule has 0 aromatic heterocycles. The van der Waals surface area contributed by atoms with Crippen LogP contribution in [0, 0.1) is 0 Å². The predicted molar refractivity (Wildman–Crippen MR) is 74.3 cm³/mol. The first-order chi connectivity index (χ1) is 9.58. The molecule has 0 aliphatic carbocycles. The number of methoxy groups -OCH3 is 2. The van der Waals surface area contributed by atoms with Crippen LogP contribution in [0.25, 0.3) is 0 Å². The summed E-state index contributed by atoms with van der Waals surface area (Å²) in [5.41, 5.74) is 0.509. The average Bonchev–Trinajstić information content (AvgIpc) is 2.46. The lowest BCUT2D eigenvalue weighted by atomic mass is 10.0. The molecule has 0 spiro atoms. The maximum atomic E-state index is 11.6. The lowest BCUT2D eigenvalue weighted by Crippen LogP contribution is -2.36. The number of aliphatic carboxylic acids is 1. The van der Waals surface area contributed by atoms with Crippen molar-refractivity contribution in [1.29, 1.82) is 0 Å². The van der Waals surface area contributed by atoms with Crippen LogP contribution in [-0.2, 0) is 4.79 Å². The quantitative estimate of drug-likeness (QED) is 0.745. The molecule has 1 unspecified atom stereocenters. The highest BCUT2D eigenvalue weighted by atomic mass is 16.5. The highest BCUT2D eigenvalue weighted by molar-refractivity contribution is 5.77. The molecule has 0 saturated heterocycles. The Kier molecular flexibility index (Phi) is 6.27. The summed E-state index contributed by atoms with van der Waals surface area (Å²) in [6.45, 7) is 2.51. The molecule has 6 heteroatoms. The molecular weight excluding hydrogens is 262 g/mol. The number of hydrogen-bond donors (Lipinski definition) is 2. The van der Waals surface area contributed by atoms with E-state index in [9.17, 15) is 9.90 Å². The van der Waals surface area contributed by atoms with Gasteiger partial charge in [0, 0.05) is 12.1 Å². The van der Waals surface area contributed by atoms with Crippen molar-refractivity contribution in [2.24, 2.45) is 0 Å². The van der Waals surface area contributed by atoms with Crippen LogP contribution in [-0.4, -0.2) is 55.0 Å². The number of nitrogens with zero attached hydrogens (tertiary/aromatic N) is 1. The largest absolute Gasteiger partial charge is 0.497 e. The summed E-state index contributed by atoms with van der Waals surface area (Å²) in [4.78, 5) is 13.3. The second kappa shape index (κ2) is 7.72. The molecule has 20 heavy (non-hydrogen) atoms. The number of carboxylic acids is 1. The van der Waals surface area contributed by atoms with Crippen molar-refractivity contribution in [3.05, 3.63) is 23.8 Å². The molecule has 0 aliphatic heterocycles. The molecule has 6 nitrogen and oxygen atoms in total. The van der Waals surface area contributed by atoms with Crippen molar-refractivity contribution in [2.45, 2.75) is 13.0 Å². The Morgan fingerprint density at radius 1 is 1.35 bits per heavy atom. The molecule has 0 fully saturated rings. The van der Waals surface area contributed by atoms with Gasteiger partial charge in [-0.1, -0.05) is 6.92 Å². The number of likely N-dealkylation sites (N-methyl/N-ethyl adjacent to an activating group) is 1. The average molecular weight is 283 g/mol. The summed E-state index contributed by atoms with van der Waals surface area (Å²) in [7, 11) is 3.01. The molecule has 2 N–H and O–H groups in total. The molecule has 112 valence electrons. The minimum absolute atomic E-state index is 0.107. The Labute approximate surface area is 118 Å². The number of hydrogen-bond acceptors (Lipinski definition) is 5. The number of aliphatic hydroxyl groups excluding tert-OH is 1. The smallest absolute Gasteiger partial charge is 0.325 e. The Morgan fingerprint density at radius 2 is 2.05 bits per heavy atom. The number of ether oxygens (including phenoxy) is 2. The highest BCUT2D eigenvalue weighted by Gasteiger charge is 2.29. The third-order valence-corrected chi connectivity index (χ3v) is 3.12. The molecular formula is C14H21NO5. The summed E-state index contributed by atoms with van der Waals surface area (Å²) >= 11 is 0. The van der Waals surface area contributed by atoms with Crippen LogP contribution in [0.4, 0.5) is 0 Å². The number of carboxylic acid groups (broad SMARTS) is 1. The first-order valence-electron chi connectivity index (χ1n) is 6.38. The van der Waals surface area contributed by atoms with Crippen LogP contribution in [0.5, 0.6) is 11.5 Å². The molecule has 1 rings (SSSR count). The van der Waals surface area contributed by atoms with Gasteiger partial charge < -0.3 is 19.7 Å². The number of rotatable bonds is 8. The van der Waals surface area contributed by atoms with Crippen LogP contribution >= 0.6 is 0 Å². The van der Waals surface area contributed by atoms with Gasteiger partial charge in [0.15, 0.2) is 0 Å². The summed E-state index contributed by atoms with van der Waals surface area (Å²) in [6.07, 6.45) is 0. The van der Waals surface area contributed by atoms with Crippen molar-refractivity contribution in [3.8, 4) is 11.5 Å². The van der Waals surface area contributed by atoms with E-state index >= 15 is 0 Å². The monoisotopic (exact) mass is 283 g/mol. The lowest BCUT2D eigenvalue weighted by molar-refractivity contribution is -0.143. The Bertz CT molecular complexity index is 449. The summed E-state index contributed by atoms with van der Waals surface area (Å²) in [5.74, 6) is 0.0496. The van der Waals surface area contributed by atoms with E-state index in [4.69, 9.17) is 14.6 Å². The van der Waals surface area contributed by atoms with Gasteiger partial charge in [0.1, 0.15) is 17.5 Å². The predicted octanol–water partition coefficient (Wildman–Crippen LogP) is 1.14. The summed E-state index contributed by atoms with van der Waals surface area (Å²) in [5, 5.41) is 18.6. The van der Waals surface area contributed by atoms with Gasteiger partial charge in [-0.05, 0) is 24.7 Å². The van der Waals surface area contributed by atoms with E-state index in [1.54, 1.807) is 23.1 Å². The van der Waals surface area contributed by atoms with E-state index < -0.39 is 12.0 Å². The number of benzene rings is 1.